The van der Waals surface area contributed by atoms with Gasteiger partial charge in [-0.15, -0.1) is 0 Å². The number of carbonyl (C=O) groups excluding carboxylic acids is 2. The molecule has 2 amide bonds. The van der Waals surface area contributed by atoms with E-state index < -0.39 is 29.1 Å². The molecule has 1 aromatic heterocycles. The zero-order chi connectivity index (χ0) is 20.8. The van der Waals surface area contributed by atoms with Crippen LogP contribution >= 0.6 is 0 Å². The van der Waals surface area contributed by atoms with E-state index in [0.717, 1.165) is 17.7 Å². The number of hydrogen-bond acceptors (Lipinski definition) is 4. The van der Waals surface area contributed by atoms with Gasteiger partial charge < -0.3 is 15.4 Å². The number of benzene rings is 2. The predicted molar refractivity (Wildman–Crippen MR) is 103 cm³/mol. The lowest BCUT2D eigenvalue weighted by Gasteiger charge is -2.10. The Balaban J connectivity index is 1.71. The van der Waals surface area contributed by atoms with Gasteiger partial charge >= 0.3 is 0 Å². The molecule has 0 spiro atoms. The van der Waals surface area contributed by atoms with E-state index in [4.69, 9.17) is 4.74 Å². The molecule has 6 nitrogen and oxygen atoms in total. The number of anilines is 1. The van der Waals surface area contributed by atoms with Gasteiger partial charge in [0, 0.05) is 12.1 Å². The van der Waals surface area contributed by atoms with Crippen LogP contribution in [0.4, 0.5) is 14.5 Å². The SMILES string of the molecule is COc1ccccc1CNC(=O)c1cccc(C(=O)Nc2c(F)cccc2F)n1. The molecule has 2 N–H and O–H groups in total. The van der Waals surface area contributed by atoms with Crippen LogP contribution in [0.2, 0.25) is 0 Å². The lowest BCUT2D eigenvalue weighted by molar-refractivity contribution is 0.0945. The van der Waals surface area contributed by atoms with Crippen molar-refractivity contribution in [3.05, 3.63) is 89.2 Å². The van der Waals surface area contributed by atoms with E-state index >= 15 is 0 Å². The number of pyridine rings is 1. The highest BCUT2D eigenvalue weighted by atomic mass is 19.1. The van der Waals surface area contributed by atoms with Crippen LogP contribution < -0.4 is 15.4 Å². The average Bonchev–Trinajstić information content (AvgIpc) is 2.74. The van der Waals surface area contributed by atoms with Crippen molar-refractivity contribution in [3.63, 3.8) is 0 Å². The number of amides is 2. The maximum absolute atomic E-state index is 13.7. The van der Waals surface area contributed by atoms with Crippen LogP contribution in [0.15, 0.2) is 60.7 Å². The molecule has 0 fully saturated rings. The zero-order valence-corrected chi connectivity index (χ0v) is 15.4. The van der Waals surface area contributed by atoms with E-state index in [2.05, 4.69) is 15.6 Å². The standard InChI is InChI=1S/C21H17F2N3O3/c1-29-18-11-3-2-6-13(18)12-24-20(27)16-9-5-10-17(25-16)21(28)26-19-14(22)7-4-8-15(19)23/h2-11H,12H2,1H3,(H,24,27)(H,26,28). The van der Waals surface area contributed by atoms with E-state index in [9.17, 15) is 18.4 Å². The summed E-state index contributed by atoms with van der Waals surface area (Å²) in [6.45, 7) is 0.196. The summed E-state index contributed by atoms with van der Waals surface area (Å²) in [6.07, 6.45) is 0. The van der Waals surface area contributed by atoms with Gasteiger partial charge in [0.2, 0.25) is 0 Å². The van der Waals surface area contributed by atoms with E-state index in [-0.39, 0.29) is 17.9 Å². The number of ether oxygens (including phenoxy) is 1. The molecule has 3 aromatic rings. The van der Waals surface area contributed by atoms with Crippen molar-refractivity contribution < 1.29 is 23.1 Å². The number of methoxy groups -OCH3 is 1. The fourth-order valence-electron chi connectivity index (χ4n) is 2.60. The third kappa shape index (κ3) is 4.73. The molecular formula is C21H17F2N3O3. The quantitative estimate of drug-likeness (QED) is 0.667. The Bertz CT molecular complexity index is 1040. The molecule has 0 saturated heterocycles. The van der Waals surface area contributed by atoms with Crippen molar-refractivity contribution in [1.29, 1.82) is 0 Å². The molecule has 1 heterocycles. The second kappa shape index (κ2) is 8.92. The highest BCUT2D eigenvalue weighted by Gasteiger charge is 2.16. The molecule has 0 aliphatic heterocycles. The van der Waals surface area contributed by atoms with Crippen LogP contribution in [0, 0.1) is 11.6 Å². The Morgan fingerprint density at radius 1 is 0.897 bits per heavy atom. The van der Waals surface area contributed by atoms with Crippen molar-refractivity contribution in [3.8, 4) is 5.75 Å². The normalized spacial score (nSPS) is 10.3. The van der Waals surface area contributed by atoms with Gasteiger partial charge in [0.15, 0.2) is 0 Å². The number of rotatable bonds is 6. The van der Waals surface area contributed by atoms with E-state index in [1.54, 1.807) is 12.1 Å². The van der Waals surface area contributed by atoms with Gasteiger partial charge in [-0.25, -0.2) is 13.8 Å². The van der Waals surface area contributed by atoms with Crippen LogP contribution in [0.3, 0.4) is 0 Å². The topological polar surface area (TPSA) is 80.3 Å². The molecule has 29 heavy (non-hydrogen) atoms. The second-order valence-corrected chi connectivity index (χ2v) is 5.95. The fourth-order valence-corrected chi connectivity index (χ4v) is 2.60. The Morgan fingerprint density at radius 3 is 2.21 bits per heavy atom. The summed E-state index contributed by atoms with van der Waals surface area (Å²) in [5.41, 5.74) is 0.0248. The van der Waals surface area contributed by atoms with Gasteiger partial charge in [0.05, 0.1) is 7.11 Å². The molecule has 0 unspecified atom stereocenters. The van der Waals surface area contributed by atoms with Crippen LogP contribution in [-0.4, -0.2) is 23.9 Å². The molecule has 0 saturated carbocycles. The third-order valence-electron chi connectivity index (χ3n) is 4.05. The van der Waals surface area contributed by atoms with E-state index in [0.29, 0.717) is 5.75 Å². The maximum atomic E-state index is 13.7. The Hall–Kier alpha value is -3.81. The molecule has 0 aliphatic rings. The van der Waals surface area contributed by atoms with Gasteiger partial charge in [-0.05, 0) is 30.3 Å². The van der Waals surface area contributed by atoms with Crippen molar-refractivity contribution in [2.45, 2.75) is 6.54 Å². The molecule has 3 rings (SSSR count). The van der Waals surface area contributed by atoms with Crippen LogP contribution in [0.25, 0.3) is 0 Å². The van der Waals surface area contributed by atoms with Gasteiger partial charge in [0.25, 0.3) is 11.8 Å². The first-order valence-corrected chi connectivity index (χ1v) is 8.62. The van der Waals surface area contributed by atoms with E-state index in [1.807, 2.05) is 12.1 Å². The summed E-state index contributed by atoms with van der Waals surface area (Å²) in [5.74, 6) is -2.55. The monoisotopic (exact) mass is 397 g/mol. The smallest absolute Gasteiger partial charge is 0.274 e. The minimum Gasteiger partial charge on any atom is -0.496 e. The molecule has 0 aliphatic carbocycles. The summed E-state index contributed by atoms with van der Waals surface area (Å²) < 4.78 is 32.6. The van der Waals surface area contributed by atoms with Gasteiger partial charge in [0.1, 0.15) is 34.5 Å². The number of nitrogens with zero attached hydrogens (tertiary/aromatic N) is 1. The fraction of sp³-hybridized carbons (Fsp3) is 0.0952. The third-order valence-corrected chi connectivity index (χ3v) is 4.05. The largest absolute Gasteiger partial charge is 0.496 e. The van der Waals surface area contributed by atoms with Crippen molar-refractivity contribution >= 4 is 17.5 Å². The predicted octanol–water partition coefficient (Wildman–Crippen LogP) is 3.55. The summed E-state index contributed by atoms with van der Waals surface area (Å²) in [6, 6.07) is 14.7. The van der Waals surface area contributed by atoms with Gasteiger partial charge in [-0.3, -0.25) is 9.59 Å². The Kier molecular flexibility index (Phi) is 6.13. The number of hydrogen-bond donors (Lipinski definition) is 2. The molecule has 2 aromatic carbocycles. The Labute approximate surface area is 165 Å². The first-order valence-electron chi connectivity index (χ1n) is 8.62. The highest BCUT2D eigenvalue weighted by molar-refractivity contribution is 6.04. The maximum Gasteiger partial charge on any atom is 0.274 e. The summed E-state index contributed by atoms with van der Waals surface area (Å²) in [5, 5.41) is 4.83. The summed E-state index contributed by atoms with van der Waals surface area (Å²) in [7, 11) is 1.53. The van der Waals surface area contributed by atoms with Gasteiger partial charge in [-0.1, -0.05) is 30.3 Å². The second-order valence-electron chi connectivity index (χ2n) is 5.95. The Morgan fingerprint density at radius 2 is 1.52 bits per heavy atom. The molecule has 8 heteroatoms. The number of aromatic nitrogens is 1. The number of carbonyl (C=O) groups is 2. The molecule has 0 atom stereocenters. The lowest BCUT2D eigenvalue weighted by atomic mass is 10.2. The van der Waals surface area contributed by atoms with E-state index in [1.165, 1.54) is 31.4 Å². The number of nitrogens with one attached hydrogen (secondary N) is 2. The minimum absolute atomic E-state index is 0.0125. The van der Waals surface area contributed by atoms with Gasteiger partial charge in [-0.2, -0.15) is 0 Å². The first-order chi connectivity index (χ1) is 14.0. The molecule has 0 bridgehead atoms. The first kappa shape index (κ1) is 19.9. The van der Waals surface area contributed by atoms with Crippen LogP contribution in [0.1, 0.15) is 26.5 Å². The molecule has 0 radical (unpaired) electrons. The van der Waals surface area contributed by atoms with Crippen molar-refractivity contribution in [2.24, 2.45) is 0 Å². The number of para-hydroxylation sites is 2. The molecular weight excluding hydrogens is 380 g/mol. The number of halogens is 2. The van der Waals surface area contributed by atoms with Crippen molar-refractivity contribution in [1.82, 2.24) is 10.3 Å². The minimum atomic E-state index is -0.913. The highest BCUT2D eigenvalue weighted by Crippen LogP contribution is 2.19. The van der Waals surface area contributed by atoms with Crippen LogP contribution in [0.5, 0.6) is 5.75 Å². The average molecular weight is 397 g/mol. The molecule has 148 valence electrons. The zero-order valence-electron chi connectivity index (χ0n) is 15.4. The lowest BCUT2D eigenvalue weighted by Crippen LogP contribution is -2.25. The van der Waals surface area contributed by atoms with Crippen LogP contribution in [-0.2, 0) is 6.54 Å². The summed E-state index contributed by atoms with van der Waals surface area (Å²) in [4.78, 5) is 28.7. The van der Waals surface area contributed by atoms with Crippen molar-refractivity contribution in [2.75, 3.05) is 12.4 Å². The summed E-state index contributed by atoms with van der Waals surface area (Å²) >= 11 is 0.